The minimum absolute atomic E-state index is 0.0618. The van der Waals surface area contributed by atoms with Gasteiger partial charge in [0, 0.05) is 12.1 Å². The van der Waals surface area contributed by atoms with E-state index < -0.39 is 0 Å². The lowest BCUT2D eigenvalue weighted by atomic mass is 10.1. The quantitative estimate of drug-likeness (QED) is 0.730. The van der Waals surface area contributed by atoms with E-state index in [0.717, 1.165) is 12.5 Å². The topological polar surface area (TPSA) is 63.0 Å². The number of aromatic nitrogens is 2. The van der Waals surface area contributed by atoms with Crippen LogP contribution in [0, 0.1) is 5.92 Å². The number of anilines is 1. The van der Waals surface area contributed by atoms with Gasteiger partial charge in [0.1, 0.15) is 0 Å². The molecule has 0 bridgehead atoms. The molecular weight excluding hydrogens is 228 g/mol. The first-order valence-corrected chi connectivity index (χ1v) is 6.84. The first-order valence-electron chi connectivity index (χ1n) is 6.84. The van der Waals surface area contributed by atoms with Crippen molar-refractivity contribution in [2.75, 3.05) is 11.9 Å². The highest BCUT2D eigenvalue weighted by molar-refractivity contribution is 5.16. The van der Waals surface area contributed by atoms with Crippen LogP contribution < -0.4 is 10.6 Å². The first-order chi connectivity index (χ1) is 8.53. The largest absolute Gasteiger partial charge is 0.407 e. The molecule has 0 unspecified atom stereocenters. The van der Waals surface area contributed by atoms with Gasteiger partial charge < -0.3 is 15.1 Å². The van der Waals surface area contributed by atoms with Gasteiger partial charge in [0.05, 0.1) is 6.54 Å². The zero-order valence-electron chi connectivity index (χ0n) is 11.6. The third-order valence-corrected chi connectivity index (χ3v) is 3.00. The van der Waals surface area contributed by atoms with Crippen LogP contribution in [-0.2, 0) is 6.54 Å². The standard InChI is InChI=1S/C13H24N4O/c1-13(2,3)15-9-11-16-17-12(18-11)14-8-4-5-10-6-7-10/h10,15H,4-9H2,1-3H3,(H,14,17). The number of nitrogens with zero attached hydrogens (tertiary/aromatic N) is 2. The van der Waals surface area contributed by atoms with Crippen molar-refractivity contribution in [1.29, 1.82) is 0 Å². The molecule has 1 aromatic rings. The van der Waals surface area contributed by atoms with Gasteiger partial charge in [0.15, 0.2) is 0 Å². The van der Waals surface area contributed by atoms with Crippen LogP contribution in [-0.4, -0.2) is 22.3 Å². The fourth-order valence-electron chi connectivity index (χ4n) is 1.73. The molecule has 0 amide bonds. The van der Waals surface area contributed by atoms with Crippen molar-refractivity contribution in [2.45, 2.75) is 58.5 Å². The smallest absolute Gasteiger partial charge is 0.315 e. The molecule has 1 fully saturated rings. The van der Waals surface area contributed by atoms with E-state index in [9.17, 15) is 0 Å². The van der Waals surface area contributed by atoms with Gasteiger partial charge in [-0.2, -0.15) is 0 Å². The van der Waals surface area contributed by atoms with Crippen LogP contribution in [0.4, 0.5) is 6.01 Å². The normalized spacial score (nSPS) is 15.9. The Morgan fingerprint density at radius 2 is 2.06 bits per heavy atom. The van der Waals surface area contributed by atoms with Gasteiger partial charge in [-0.3, -0.25) is 0 Å². The lowest BCUT2D eigenvalue weighted by Gasteiger charge is -2.18. The molecule has 1 saturated carbocycles. The van der Waals surface area contributed by atoms with Crippen LogP contribution in [0.2, 0.25) is 0 Å². The fraction of sp³-hybridized carbons (Fsp3) is 0.846. The van der Waals surface area contributed by atoms with E-state index in [4.69, 9.17) is 4.42 Å². The molecule has 5 heteroatoms. The Labute approximate surface area is 109 Å². The molecule has 1 aliphatic carbocycles. The highest BCUT2D eigenvalue weighted by atomic mass is 16.4. The van der Waals surface area contributed by atoms with E-state index in [1.807, 2.05) is 0 Å². The minimum Gasteiger partial charge on any atom is -0.407 e. The molecule has 102 valence electrons. The monoisotopic (exact) mass is 252 g/mol. The Bertz CT molecular complexity index is 365. The summed E-state index contributed by atoms with van der Waals surface area (Å²) in [5, 5.41) is 14.5. The minimum atomic E-state index is 0.0618. The SMILES string of the molecule is CC(C)(C)NCc1nnc(NCCCC2CC2)o1. The number of nitrogens with one attached hydrogen (secondary N) is 2. The molecule has 5 nitrogen and oxygen atoms in total. The summed E-state index contributed by atoms with van der Waals surface area (Å²) in [5.41, 5.74) is 0.0618. The number of hydrogen-bond donors (Lipinski definition) is 2. The van der Waals surface area contributed by atoms with Gasteiger partial charge in [0.2, 0.25) is 5.89 Å². The molecule has 0 spiro atoms. The molecule has 2 N–H and O–H groups in total. The van der Waals surface area contributed by atoms with Crippen LogP contribution >= 0.6 is 0 Å². The molecule has 0 aliphatic heterocycles. The molecule has 0 atom stereocenters. The van der Waals surface area contributed by atoms with E-state index in [1.54, 1.807) is 0 Å². The maximum Gasteiger partial charge on any atom is 0.315 e. The second-order valence-corrected chi connectivity index (χ2v) is 6.12. The second-order valence-electron chi connectivity index (χ2n) is 6.12. The van der Waals surface area contributed by atoms with Gasteiger partial charge in [-0.25, -0.2) is 0 Å². The Balaban J connectivity index is 1.65. The number of hydrogen-bond acceptors (Lipinski definition) is 5. The average molecular weight is 252 g/mol. The molecule has 0 saturated heterocycles. The van der Waals surface area contributed by atoms with Crippen LogP contribution in [0.5, 0.6) is 0 Å². The molecule has 2 rings (SSSR count). The van der Waals surface area contributed by atoms with Crippen molar-refractivity contribution in [3.05, 3.63) is 5.89 Å². The molecule has 1 heterocycles. The van der Waals surface area contributed by atoms with Crippen LogP contribution in [0.15, 0.2) is 4.42 Å². The lowest BCUT2D eigenvalue weighted by Crippen LogP contribution is -2.35. The van der Waals surface area contributed by atoms with E-state index in [2.05, 4.69) is 41.6 Å². The zero-order chi connectivity index (χ0) is 13.0. The maximum absolute atomic E-state index is 5.51. The summed E-state index contributed by atoms with van der Waals surface area (Å²) in [7, 11) is 0. The predicted molar refractivity (Wildman–Crippen MR) is 71.3 cm³/mol. The Morgan fingerprint density at radius 1 is 1.28 bits per heavy atom. The van der Waals surface area contributed by atoms with Crippen molar-refractivity contribution < 1.29 is 4.42 Å². The third-order valence-electron chi connectivity index (χ3n) is 3.00. The first kappa shape index (κ1) is 13.3. The third kappa shape index (κ3) is 5.04. The van der Waals surface area contributed by atoms with Gasteiger partial charge in [-0.1, -0.05) is 17.9 Å². The molecule has 1 aromatic heterocycles. The van der Waals surface area contributed by atoms with Crippen LogP contribution in [0.3, 0.4) is 0 Å². The lowest BCUT2D eigenvalue weighted by molar-refractivity contribution is 0.383. The summed E-state index contributed by atoms with van der Waals surface area (Å²) in [6, 6.07) is 0.538. The summed E-state index contributed by atoms with van der Waals surface area (Å²) in [6.45, 7) is 7.87. The number of rotatable bonds is 7. The second kappa shape index (κ2) is 5.69. The Kier molecular flexibility index (Phi) is 4.22. The molecule has 0 aromatic carbocycles. The summed E-state index contributed by atoms with van der Waals surface area (Å²) >= 11 is 0. The molecule has 1 aliphatic rings. The van der Waals surface area contributed by atoms with E-state index >= 15 is 0 Å². The summed E-state index contributed by atoms with van der Waals surface area (Å²) in [5.74, 6) is 1.62. The average Bonchev–Trinajstić information content (AvgIpc) is 3.00. The van der Waals surface area contributed by atoms with Gasteiger partial charge in [-0.05, 0) is 39.5 Å². The highest BCUT2D eigenvalue weighted by Crippen LogP contribution is 2.33. The van der Waals surface area contributed by atoms with Gasteiger partial charge in [-0.15, -0.1) is 5.10 Å². The Hall–Kier alpha value is -1.10. The van der Waals surface area contributed by atoms with E-state index in [-0.39, 0.29) is 5.54 Å². The summed E-state index contributed by atoms with van der Waals surface area (Å²) in [6.07, 6.45) is 5.34. The zero-order valence-corrected chi connectivity index (χ0v) is 11.6. The molecular formula is C13H24N4O. The van der Waals surface area contributed by atoms with Crippen molar-refractivity contribution >= 4 is 6.01 Å². The molecule has 18 heavy (non-hydrogen) atoms. The maximum atomic E-state index is 5.51. The van der Waals surface area contributed by atoms with E-state index in [1.165, 1.54) is 25.7 Å². The van der Waals surface area contributed by atoms with Crippen molar-refractivity contribution in [1.82, 2.24) is 15.5 Å². The van der Waals surface area contributed by atoms with Crippen molar-refractivity contribution in [3.63, 3.8) is 0 Å². The summed E-state index contributed by atoms with van der Waals surface area (Å²) < 4.78 is 5.51. The van der Waals surface area contributed by atoms with Crippen molar-refractivity contribution in [2.24, 2.45) is 5.92 Å². The molecule has 0 radical (unpaired) electrons. The Morgan fingerprint density at radius 3 is 2.72 bits per heavy atom. The van der Waals surface area contributed by atoms with Crippen LogP contribution in [0.25, 0.3) is 0 Å². The van der Waals surface area contributed by atoms with Crippen molar-refractivity contribution in [3.8, 4) is 0 Å². The van der Waals surface area contributed by atoms with Gasteiger partial charge in [0.25, 0.3) is 0 Å². The fourth-order valence-corrected chi connectivity index (χ4v) is 1.73. The highest BCUT2D eigenvalue weighted by Gasteiger charge is 2.20. The summed E-state index contributed by atoms with van der Waals surface area (Å²) in [4.78, 5) is 0. The predicted octanol–water partition coefficient (Wildman–Crippen LogP) is 2.56. The van der Waals surface area contributed by atoms with Gasteiger partial charge >= 0.3 is 6.01 Å². The van der Waals surface area contributed by atoms with E-state index in [0.29, 0.717) is 18.5 Å². The van der Waals surface area contributed by atoms with Crippen LogP contribution in [0.1, 0.15) is 52.3 Å².